The lowest BCUT2D eigenvalue weighted by atomic mass is 9.85. The summed E-state index contributed by atoms with van der Waals surface area (Å²) in [6.45, 7) is 3.70. The second-order valence-corrected chi connectivity index (χ2v) is 7.04. The van der Waals surface area contributed by atoms with E-state index in [-0.39, 0.29) is 24.4 Å². The summed E-state index contributed by atoms with van der Waals surface area (Å²) in [5.74, 6) is -0.112. The maximum Gasteiger partial charge on any atom is 0.325 e. The zero-order valence-electron chi connectivity index (χ0n) is 14.7. The molecule has 0 unspecified atom stereocenters. The molecule has 6 heteroatoms. The Hall–Kier alpha value is -2.37. The molecule has 1 aromatic rings. The van der Waals surface area contributed by atoms with Crippen LogP contribution in [0.2, 0.25) is 0 Å². The first-order valence-electron chi connectivity index (χ1n) is 8.97. The van der Waals surface area contributed by atoms with Crippen LogP contribution >= 0.6 is 0 Å². The number of nitrogens with one attached hydrogen (secondary N) is 2. The molecule has 2 aliphatic rings. The summed E-state index contributed by atoms with van der Waals surface area (Å²) in [4.78, 5) is 38.8. The number of benzene rings is 1. The van der Waals surface area contributed by atoms with E-state index < -0.39 is 11.6 Å². The van der Waals surface area contributed by atoms with Gasteiger partial charge in [-0.15, -0.1) is 0 Å². The Kier molecular flexibility index (Phi) is 4.79. The number of hydrogen-bond donors (Lipinski definition) is 2. The van der Waals surface area contributed by atoms with Gasteiger partial charge >= 0.3 is 6.03 Å². The molecule has 2 atom stereocenters. The van der Waals surface area contributed by atoms with E-state index in [9.17, 15) is 14.4 Å². The van der Waals surface area contributed by atoms with E-state index in [4.69, 9.17) is 0 Å². The van der Waals surface area contributed by atoms with Crippen LogP contribution in [0.25, 0.3) is 0 Å². The van der Waals surface area contributed by atoms with Gasteiger partial charge in [0.1, 0.15) is 12.1 Å². The quantitative estimate of drug-likeness (QED) is 0.745. The van der Waals surface area contributed by atoms with Gasteiger partial charge in [0.15, 0.2) is 0 Å². The highest BCUT2D eigenvalue weighted by molar-refractivity contribution is 6.09. The van der Waals surface area contributed by atoms with Gasteiger partial charge in [-0.1, -0.05) is 43.7 Å². The van der Waals surface area contributed by atoms with Crippen LogP contribution in [0.4, 0.5) is 4.79 Å². The SMILES string of the molecule is CCC[C@@]1(c2ccccc2)NC(=O)N(CC(=O)N[C@@H](C)C2CC2)C1=O. The van der Waals surface area contributed by atoms with E-state index >= 15 is 0 Å². The van der Waals surface area contributed by atoms with Gasteiger partial charge in [-0.2, -0.15) is 0 Å². The third-order valence-electron chi connectivity index (χ3n) is 5.09. The van der Waals surface area contributed by atoms with Crippen LogP contribution in [-0.2, 0) is 15.1 Å². The number of amides is 4. The number of carbonyl (C=O) groups excluding carboxylic acids is 3. The van der Waals surface area contributed by atoms with E-state index in [1.54, 1.807) is 0 Å². The molecule has 0 bridgehead atoms. The largest absolute Gasteiger partial charge is 0.352 e. The van der Waals surface area contributed by atoms with Crippen molar-refractivity contribution < 1.29 is 14.4 Å². The molecular weight excluding hydrogens is 318 g/mol. The molecule has 1 saturated heterocycles. The molecule has 1 aromatic carbocycles. The Morgan fingerprint density at radius 3 is 2.60 bits per heavy atom. The Bertz CT molecular complexity index is 672. The molecule has 1 aliphatic carbocycles. The molecular formula is C19H25N3O3. The standard InChI is InChI=1S/C19H25N3O3/c1-3-11-19(15-7-5-4-6-8-15)17(24)22(18(25)21-19)12-16(23)20-13(2)14-9-10-14/h4-8,13-14H,3,9-12H2,1-2H3,(H,20,23)(H,21,25)/t13-,19-/m0/s1. The Labute approximate surface area is 148 Å². The summed E-state index contributed by atoms with van der Waals surface area (Å²) in [5, 5.41) is 5.73. The number of rotatable bonds is 7. The fraction of sp³-hybridized carbons (Fsp3) is 0.526. The van der Waals surface area contributed by atoms with Gasteiger partial charge in [0, 0.05) is 6.04 Å². The summed E-state index contributed by atoms with van der Waals surface area (Å²) in [6, 6.07) is 8.82. The molecule has 4 amide bonds. The Morgan fingerprint density at radius 1 is 1.32 bits per heavy atom. The smallest absolute Gasteiger partial charge is 0.325 e. The van der Waals surface area contributed by atoms with Crippen LogP contribution in [0, 0.1) is 5.92 Å². The van der Waals surface area contributed by atoms with Crippen LogP contribution < -0.4 is 10.6 Å². The van der Waals surface area contributed by atoms with E-state index in [1.807, 2.05) is 44.2 Å². The highest BCUT2D eigenvalue weighted by Gasteiger charge is 2.52. The van der Waals surface area contributed by atoms with Crippen molar-refractivity contribution in [2.24, 2.45) is 5.92 Å². The Balaban J connectivity index is 1.76. The van der Waals surface area contributed by atoms with Crippen molar-refractivity contribution in [1.29, 1.82) is 0 Å². The van der Waals surface area contributed by atoms with Crippen molar-refractivity contribution >= 4 is 17.8 Å². The van der Waals surface area contributed by atoms with Gasteiger partial charge in [0.25, 0.3) is 5.91 Å². The molecule has 0 radical (unpaired) electrons. The van der Waals surface area contributed by atoms with Crippen molar-refractivity contribution in [2.75, 3.05) is 6.54 Å². The lowest BCUT2D eigenvalue weighted by Gasteiger charge is -2.27. The molecule has 0 spiro atoms. The summed E-state index contributed by atoms with van der Waals surface area (Å²) < 4.78 is 0. The average molecular weight is 343 g/mol. The second kappa shape index (κ2) is 6.86. The summed E-state index contributed by atoms with van der Waals surface area (Å²) >= 11 is 0. The first kappa shape index (κ1) is 17.5. The first-order chi connectivity index (χ1) is 12.0. The lowest BCUT2D eigenvalue weighted by Crippen LogP contribution is -2.46. The van der Waals surface area contributed by atoms with Gasteiger partial charge in [-0.3, -0.25) is 14.5 Å². The number of nitrogens with zero attached hydrogens (tertiary/aromatic N) is 1. The zero-order valence-corrected chi connectivity index (χ0v) is 14.7. The van der Waals surface area contributed by atoms with Crippen molar-refractivity contribution in [3.05, 3.63) is 35.9 Å². The van der Waals surface area contributed by atoms with Crippen molar-refractivity contribution in [1.82, 2.24) is 15.5 Å². The van der Waals surface area contributed by atoms with E-state index in [0.717, 1.165) is 29.7 Å². The molecule has 134 valence electrons. The van der Waals surface area contributed by atoms with Gasteiger partial charge < -0.3 is 10.6 Å². The van der Waals surface area contributed by atoms with Gasteiger partial charge in [-0.25, -0.2) is 4.79 Å². The third kappa shape index (κ3) is 3.38. The number of hydrogen-bond acceptors (Lipinski definition) is 3. The predicted octanol–water partition coefficient (Wildman–Crippen LogP) is 2.15. The molecule has 3 rings (SSSR count). The lowest BCUT2D eigenvalue weighted by molar-refractivity contribution is -0.135. The molecule has 6 nitrogen and oxygen atoms in total. The van der Waals surface area contributed by atoms with E-state index in [1.165, 1.54) is 0 Å². The van der Waals surface area contributed by atoms with Crippen molar-refractivity contribution in [2.45, 2.75) is 51.1 Å². The van der Waals surface area contributed by atoms with E-state index in [2.05, 4.69) is 10.6 Å². The monoisotopic (exact) mass is 343 g/mol. The fourth-order valence-electron chi connectivity index (χ4n) is 3.53. The van der Waals surface area contributed by atoms with Gasteiger partial charge in [0.05, 0.1) is 0 Å². The van der Waals surface area contributed by atoms with Crippen LogP contribution in [0.3, 0.4) is 0 Å². The van der Waals surface area contributed by atoms with Crippen molar-refractivity contribution in [3.63, 3.8) is 0 Å². The molecule has 0 aromatic heterocycles. The summed E-state index contributed by atoms with van der Waals surface area (Å²) in [7, 11) is 0. The fourth-order valence-corrected chi connectivity index (χ4v) is 3.53. The number of carbonyl (C=O) groups is 3. The van der Waals surface area contributed by atoms with Gasteiger partial charge in [-0.05, 0) is 37.7 Å². The molecule has 2 fully saturated rings. The second-order valence-electron chi connectivity index (χ2n) is 7.04. The van der Waals surface area contributed by atoms with Crippen LogP contribution in [0.15, 0.2) is 30.3 Å². The normalized spacial score (nSPS) is 24.2. The minimum Gasteiger partial charge on any atom is -0.352 e. The Morgan fingerprint density at radius 2 is 2.00 bits per heavy atom. The van der Waals surface area contributed by atoms with Crippen LogP contribution in [0.1, 0.15) is 45.1 Å². The minimum atomic E-state index is -1.07. The van der Waals surface area contributed by atoms with Crippen molar-refractivity contribution in [3.8, 4) is 0 Å². The minimum absolute atomic E-state index is 0.0859. The van der Waals surface area contributed by atoms with Crippen LogP contribution in [-0.4, -0.2) is 35.3 Å². The molecule has 25 heavy (non-hydrogen) atoms. The first-order valence-corrected chi connectivity index (χ1v) is 8.97. The molecule has 1 heterocycles. The number of imide groups is 1. The predicted molar refractivity (Wildman–Crippen MR) is 93.6 cm³/mol. The van der Waals surface area contributed by atoms with Gasteiger partial charge in [0.2, 0.25) is 5.91 Å². The third-order valence-corrected chi connectivity index (χ3v) is 5.09. The zero-order chi connectivity index (χ0) is 18.0. The maximum absolute atomic E-state index is 13.1. The summed E-state index contributed by atoms with van der Waals surface area (Å²) in [5.41, 5.74) is -0.320. The highest BCUT2D eigenvalue weighted by atomic mass is 16.2. The average Bonchev–Trinajstić information content (AvgIpc) is 3.41. The van der Waals surface area contributed by atoms with Crippen LogP contribution in [0.5, 0.6) is 0 Å². The molecule has 1 aliphatic heterocycles. The molecule has 1 saturated carbocycles. The topological polar surface area (TPSA) is 78.5 Å². The van der Waals surface area contributed by atoms with E-state index in [0.29, 0.717) is 12.3 Å². The summed E-state index contributed by atoms with van der Waals surface area (Å²) in [6.07, 6.45) is 3.48. The highest BCUT2D eigenvalue weighted by Crippen LogP contribution is 2.34. The maximum atomic E-state index is 13.1. The molecule has 2 N–H and O–H groups in total. The number of urea groups is 1.